The van der Waals surface area contributed by atoms with Gasteiger partial charge < -0.3 is 15.1 Å². The highest BCUT2D eigenvalue weighted by Gasteiger charge is 2.28. The Morgan fingerprint density at radius 3 is 2.84 bits per heavy atom. The molecule has 104 valence electrons. The first-order chi connectivity index (χ1) is 9.02. The summed E-state index contributed by atoms with van der Waals surface area (Å²) in [5, 5.41) is 13.9. The molecule has 0 bridgehead atoms. The molecule has 1 aromatic heterocycles. The van der Waals surface area contributed by atoms with Crippen LogP contribution < -0.4 is 10.2 Å². The van der Waals surface area contributed by atoms with E-state index in [-0.39, 0.29) is 5.69 Å². The summed E-state index contributed by atoms with van der Waals surface area (Å²) in [7, 11) is 3.74. The van der Waals surface area contributed by atoms with Gasteiger partial charge in [0.05, 0.1) is 4.92 Å². The quantitative estimate of drug-likeness (QED) is 0.632. The van der Waals surface area contributed by atoms with Crippen molar-refractivity contribution in [3.63, 3.8) is 0 Å². The lowest BCUT2D eigenvalue weighted by Crippen LogP contribution is -2.50. The van der Waals surface area contributed by atoms with Crippen LogP contribution in [0.2, 0.25) is 0 Å². The van der Waals surface area contributed by atoms with Crippen molar-refractivity contribution in [3.8, 4) is 0 Å². The standard InChI is InChI=1S/C11H18N6O2/c1-8-7-16(5-4-15(8)3)10-9(17(18)19)6-13-11(12-2)14-10/h6,8H,4-5,7H2,1-3H3,(H,12,13,14). The van der Waals surface area contributed by atoms with E-state index in [9.17, 15) is 10.1 Å². The van der Waals surface area contributed by atoms with Gasteiger partial charge >= 0.3 is 5.69 Å². The summed E-state index contributed by atoms with van der Waals surface area (Å²) >= 11 is 0. The van der Waals surface area contributed by atoms with E-state index in [1.165, 1.54) is 6.20 Å². The number of hydrogen-bond acceptors (Lipinski definition) is 7. The molecule has 1 aliphatic rings. The molecule has 1 atom stereocenters. The van der Waals surface area contributed by atoms with Crippen molar-refractivity contribution < 1.29 is 4.92 Å². The first-order valence-electron chi connectivity index (χ1n) is 6.17. The smallest absolute Gasteiger partial charge is 0.329 e. The fourth-order valence-corrected chi connectivity index (χ4v) is 2.09. The number of piperazine rings is 1. The van der Waals surface area contributed by atoms with Crippen molar-refractivity contribution in [2.45, 2.75) is 13.0 Å². The van der Waals surface area contributed by atoms with Gasteiger partial charge in [0.15, 0.2) is 0 Å². The molecule has 0 saturated carbocycles. The van der Waals surface area contributed by atoms with Gasteiger partial charge in [0.25, 0.3) is 0 Å². The maximum absolute atomic E-state index is 11.1. The van der Waals surface area contributed by atoms with E-state index in [0.717, 1.165) is 19.6 Å². The molecule has 0 aromatic carbocycles. The van der Waals surface area contributed by atoms with Crippen LogP contribution in [0.4, 0.5) is 17.5 Å². The van der Waals surface area contributed by atoms with Crippen molar-refractivity contribution >= 4 is 17.5 Å². The van der Waals surface area contributed by atoms with E-state index in [1.54, 1.807) is 7.05 Å². The third kappa shape index (κ3) is 2.73. The van der Waals surface area contributed by atoms with Gasteiger partial charge in [-0.25, -0.2) is 4.98 Å². The first-order valence-corrected chi connectivity index (χ1v) is 6.17. The van der Waals surface area contributed by atoms with Crippen LogP contribution in [-0.2, 0) is 0 Å². The minimum absolute atomic E-state index is 0.0456. The summed E-state index contributed by atoms with van der Waals surface area (Å²) in [4.78, 5) is 23.0. The predicted molar refractivity (Wildman–Crippen MR) is 72.5 cm³/mol. The summed E-state index contributed by atoms with van der Waals surface area (Å²) in [5.41, 5.74) is -0.0456. The Balaban J connectivity index is 2.34. The fourth-order valence-electron chi connectivity index (χ4n) is 2.09. The lowest BCUT2D eigenvalue weighted by Gasteiger charge is -2.37. The highest BCUT2D eigenvalue weighted by atomic mass is 16.6. The molecule has 0 spiro atoms. The number of hydrogen-bond donors (Lipinski definition) is 1. The molecule has 1 aromatic rings. The molecular formula is C11H18N6O2. The molecule has 1 saturated heterocycles. The van der Waals surface area contributed by atoms with Crippen LogP contribution in [0.25, 0.3) is 0 Å². The van der Waals surface area contributed by atoms with Gasteiger partial charge in [0, 0.05) is 32.7 Å². The van der Waals surface area contributed by atoms with Gasteiger partial charge in [-0.1, -0.05) is 0 Å². The number of nitrogens with zero attached hydrogens (tertiary/aromatic N) is 5. The minimum atomic E-state index is -0.433. The molecule has 0 radical (unpaired) electrons. The summed E-state index contributed by atoms with van der Waals surface area (Å²) in [6, 6.07) is 0.335. The Labute approximate surface area is 111 Å². The Bertz CT molecular complexity index is 480. The van der Waals surface area contributed by atoms with Crippen LogP contribution in [0.3, 0.4) is 0 Å². The van der Waals surface area contributed by atoms with Crippen molar-refractivity contribution in [3.05, 3.63) is 16.3 Å². The summed E-state index contributed by atoms with van der Waals surface area (Å²) < 4.78 is 0. The second-order valence-corrected chi connectivity index (χ2v) is 4.69. The average Bonchev–Trinajstić information content (AvgIpc) is 2.41. The van der Waals surface area contributed by atoms with Gasteiger partial charge in [-0.05, 0) is 14.0 Å². The highest BCUT2D eigenvalue weighted by molar-refractivity contribution is 5.59. The summed E-state index contributed by atoms with van der Waals surface area (Å²) in [5.74, 6) is 0.788. The van der Waals surface area contributed by atoms with E-state index < -0.39 is 4.92 Å². The second kappa shape index (κ2) is 5.35. The zero-order chi connectivity index (χ0) is 14.0. The van der Waals surface area contributed by atoms with Crippen molar-refractivity contribution in [1.82, 2.24) is 14.9 Å². The van der Waals surface area contributed by atoms with Gasteiger partial charge in [0.2, 0.25) is 11.8 Å². The number of anilines is 2. The zero-order valence-corrected chi connectivity index (χ0v) is 11.3. The molecule has 19 heavy (non-hydrogen) atoms. The number of nitro groups is 1. The molecule has 1 aliphatic heterocycles. The predicted octanol–water partition coefficient (Wildman–Crippen LogP) is 0.567. The van der Waals surface area contributed by atoms with E-state index >= 15 is 0 Å². The minimum Gasteiger partial charge on any atom is -0.357 e. The van der Waals surface area contributed by atoms with Crippen LogP contribution in [0.5, 0.6) is 0 Å². The average molecular weight is 266 g/mol. The topological polar surface area (TPSA) is 87.4 Å². The lowest BCUT2D eigenvalue weighted by atomic mass is 10.2. The molecule has 2 heterocycles. The van der Waals surface area contributed by atoms with Crippen LogP contribution in [-0.4, -0.2) is 59.6 Å². The van der Waals surface area contributed by atoms with Gasteiger partial charge in [-0.15, -0.1) is 0 Å². The van der Waals surface area contributed by atoms with E-state index in [4.69, 9.17) is 0 Å². The molecule has 0 amide bonds. The van der Waals surface area contributed by atoms with Crippen LogP contribution >= 0.6 is 0 Å². The lowest BCUT2D eigenvalue weighted by molar-refractivity contribution is -0.384. The third-order valence-electron chi connectivity index (χ3n) is 3.43. The molecule has 0 aliphatic carbocycles. The summed E-state index contributed by atoms with van der Waals surface area (Å²) in [6.45, 7) is 4.40. The van der Waals surface area contributed by atoms with E-state index in [1.807, 2.05) is 4.90 Å². The first kappa shape index (κ1) is 13.5. The number of nitrogens with one attached hydrogen (secondary N) is 1. The van der Waals surface area contributed by atoms with Crippen LogP contribution in [0.1, 0.15) is 6.92 Å². The van der Waals surface area contributed by atoms with Crippen molar-refractivity contribution in [2.75, 3.05) is 43.9 Å². The molecule has 1 N–H and O–H groups in total. The Kier molecular flexibility index (Phi) is 3.79. The summed E-state index contributed by atoms with van der Waals surface area (Å²) in [6.07, 6.45) is 1.26. The zero-order valence-electron chi connectivity index (χ0n) is 11.3. The van der Waals surface area contributed by atoms with Gasteiger partial charge in [0.1, 0.15) is 6.20 Å². The van der Waals surface area contributed by atoms with Crippen molar-refractivity contribution in [1.29, 1.82) is 0 Å². The monoisotopic (exact) mass is 266 g/mol. The molecular weight excluding hydrogens is 248 g/mol. The maximum atomic E-state index is 11.1. The molecule has 2 rings (SSSR count). The fraction of sp³-hybridized carbons (Fsp3) is 0.636. The Morgan fingerprint density at radius 1 is 1.53 bits per heavy atom. The number of likely N-dealkylation sites (N-methyl/N-ethyl adjacent to an activating group) is 1. The largest absolute Gasteiger partial charge is 0.357 e. The van der Waals surface area contributed by atoms with E-state index in [2.05, 4.69) is 34.2 Å². The molecule has 1 unspecified atom stereocenters. The van der Waals surface area contributed by atoms with Crippen LogP contribution in [0, 0.1) is 10.1 Å². The second-order valence-electron chi connectivity index (χ2n) is 4.69. The van der Waals surface area contributed by atoms with Crippen LogP contribution in [0.15, 0.2) is 6.20 Å². The Hall–Kier alpha value is -1.96. The Morgan fingerprint density at radius 2 is 2.26 bits per heavy atom. The molecule has 8 heteroatoms. The number of rotatable bonds is 3. The van der Waals surface area contributed by atoms with Crippen molar-refractivity contribution in [2.24, 2.45) is 0 Å². The van der Waals surface area contributed by atoms with Gasteiger partial charge in [-0.3, -0.25) is 10.1 Å². The maximum Gasteiger partial charge on any atom is 0.329 e. The highest BCUT2D eigenvalue weighted by Crippen LogP contribution is 2.27. The molecule has 1 fully saturated rings. The molecule has 8 nitrogen and oxygen atoms in total. The normalized spacial score (nSPS) is 20.4. The number of aromatic nitrogens is 2. The van der Waals surface area contributed by atoms with E-state index in [0.29, 0.717) is 17.8 Å². The third-order valence-corrected chi connectivity index (χ3v) is 3.43. The van der Waals surface area contributed by atoms with Gasteiger partial charge in [-0.2, -0.15) is 4.98 Å². The SMILES string of the molecule is CNc1ncc([N+](=O)[O-])c(N2CCN(C)C(C)C2)n1.